The predicted molar refractivity (Wildman–Crippen MR) is 80.4 cm³/mol. The van der Waals surface area contributed by atoms with Crippen LogP contribution in [0.25, 0.3) is 0 Å². The number of aryl methyl sites for hydroxylation is 3. The molecule has 2 N–H and O–H groups in total. The number of rotatable bonds is 5. The van der Waals surface area contributed by atoms with Crippen LogP contribution in [0.15, 0.2) is 32.5 Å². The summed E-state index contributed by atoms with van der Waals surface area (Å²) in [6, 6.07) is 5.93. The Morgan fingerprint density at radius 1 is 1.43 bits per heavy atom. The second-order valence-electron chi connectivity index (χ2n) is 4.81. The van der Waals surface area contributed by atoms with Crippen LogP contribution < -0.4 is 15.6 Å². The number of thioether (sulfide) groups is 1. The molecule has 6 nitrogen and oxygen atoms in total. The molecule has 0 saturated carbocycles. The highest BCUT2D eigenvalue weighted by molar-refractivity contribution is 7.99. The van der Waals surface area contributed by atoms with E-state index in [-0.39, 0.29) is 5.91 Å². The molecule has 21 heavy (non-hydrogen) atoms. The number of hydrogen-bond acceptors (Lipinski definition) is 4. The first kappa shape index (κ1) is 15.4. The number of amides is 1. The Labute approximate surface area is 126 Å². The minimum atomic E-state index is -0.419. The maximum Gasteiger partial charge on any atom is 0.441 e. The third-order valence-electron chi connectivity index (χ3n) is 2.99. The standard InChI is InChI=1S/C14H17N3O3S/c1-9-4-5-10(2)11(8-9)15-12(18)6-7-21-13-14(19)20-16-17(13)3/h4-5,8H,6-7H2,1-3H3,(H-,15,16,18,19)/p+1. The average Bonchev–Trinajstić information content (AvgIpc) is 2.74. The van der Waals surface area contributed by atoms with Gasteiger partial charge in [0, 0.05) is 17.9 Å². The number of anilines is 1. The van der Waals surface area contributed by atoms with E-state index >= 15 is 0 Å². The Bertz CT molecular complexity index is 706. The second kappa shape index (κ2) is 6.62. The van der Waals surface area contributed by atoms with E-state index in [4.69, 9.17) is 0 Å². The number of aromatic nitrogens is 2. The van der Waals surface area contributed by atoms with Gasteiger partial charge in [0.2, 0.25) is 5.91 Å². The van der Waals surface area contributed by atoms with Crippen LogP contribution in [0.3, 0.4) is 0 Å². The largest absolute Gasteiger partial charge is 0.441 e. The van der Waals surface area contributed by atoms with Gasteiger partial charge in [-0.2, -0.15) is 0 Å². The minimum Gasteiger partial charge on any atom is -0.326 e. The van der Waals surface area contributed by atoms with Crippen molar-refractivity contribution < 1.29 is 14.0 Å². The van der Waals surface area contributed by atoms with Crippen molar-refractivity contribution in [3.8, 4) is 0 Å². The number of aromatic amines is 1. The summed E-state index contributed by atoms with van der Waals surface area (Å²) in [5.41, 5.74) is 2.54. The van der Waals surface area contributed by atoms with Crippen LogP contribution >= 0.6 is 11.8 Å². The van der Waals surface area contributed by atoms with Crippen LogP contribution in [0.4, 0.5) is 5.69 Å². The highest BCUT2D eigenvalue weighted by Gasteiger charge is 2.18. The van der Waals surface area contributed by atoms with Crippen molar-refractivity contribution in [1.82, 2.24) is 5.27 Å². The number of carbonyl (C=O) groups excluding carboxylic acids is 1. The van der Waals surface area contributed by atoms with Crippen LogP contribution in [0.5, 0.6) is 0 Å². The third kappa shape index (κ3) is 3.98. The lowest BCUT2D eigenvalue weighted by atomic mass is 10.1. The van der Waals surface area contributed by atoms with Gasteiger partial charge in [0.25, 0.3) is 0 Å². The van der Waals surface area contributed by atoms with Gasteiger partial charge < -0.3 is 5.32 Å². The SMILES string of the molecule is Cc1ccc(C)c(NC(=O)CCSc2c(=O)o[nH][n+]2C)c1. The van der Waals surface area contributed by atoms with Gasteiger partial charge in [0.15, 0.2) is 7.05 Å². The fourth-order valence-electron chi connectivity index (χ4n) is 1.81. The third-order valence-corrected chi connectivity index (χ3v) is 4.11. The highest BCUT2D eigenvalue weighted by Crippen LogP contribution is 2.17. The first-order valence-corrected chi connectivity index (χ1v) is 7.53. The first-order valence-electron chi connectivity index (χ1n) is 6.55. The molecule has 2 aromatic rings. The maximum absolute atomic E-state index is 11.9. The molecule has 1 aromatic heterocycles. The number of hydrogen-bond donors (Lipinski definition) is 2. The molecule has 7 heteroatoms. The molecule has 0 aliphatic carbocycles. The lowest BCUT2D eigenvalue weighted by molar-refractivity contribution is -0.772. The summed E-state index contributed by atoms with van der Waals surface area (Å²) in [7, 11) is 1.68. The number of benzene rings is 1. The van der Waals surface area contributed by atoms with Crippen molar-refractivity contribution in [2.24, 2.45) is 7.05 Å². The Morgan fingerprint density at radius 2 is 2.19 bits per heavy atom. The average molecular weight is 308 g/mol. The zero-order chi connectivity index (χ0) is 15.4. The molecule has 0 atom stereocenters. The van der Waals surface area contributed by atoms with Gasteiger partial charge in [-0.1, -0.05) is 16.8 Å². The van der Waals surface area contributed by atoms with E-state index in [0.717, 1.165) is 16.8 Å². The van der Waals surface area contributed by atoms with Gasteiger partial charge in [0.05, 0.1) is 0 Å². The van der Waals surface area contributed by atoms with Gasteiger partial charge in [0.1, 0.15) is 0 Å². The molecular weight excluding hydrogens is 290 g/mol. The lowest BCUT2D eigenvalue weighted by Gasteiger charge is -2.08. The van der Waals surface area contributed by atoms with Gasteiger partial charge in [-0.3, -0.25) is 9.32 Å². The Balaban J connectivity index is 1.88. The summed E-state index contributed by atoms with van der Waals surface area (Å²) in [6.45, 7) is 3.94. The Kier molecular flexibility index (Phi) is 4.85. The van der Waals surface area contributed by atoms with Crippen molar-refractivity contribution in [1.29, 1.82) is 0 Å². The smallest absolute Gasteiger partial charge is 0.326 e. The quantitative estimate of drug-likeness (QED) is 0.648. The summed E-state index contributed by atoms with van der Waals surface area (Å²) >= 11 is 1.29. The summed E-state index contributed by atoms with van der Waals surface area (Å²) in [5.74, 6) is 0.437. The highest BCUT2D eigenvalue weighted by atomic mass is 32.2. The topological polar surface area (TPSA) is 79.0 Å². The van der Waals surface area contributed by atoms with Crippen LogP contribution in [0, 0.1) is 13.8 Å². The van der Waals surface area contributed by atoms with Crippen LogP contribution in [-0.2, 0) is 11.8 Å². The normalized spacial score (nSPS) is 10.6. The fraction of sp³-hybridized carbons (Fsp3) is 0.357. The Hall–Kier alpha value is -2.02. The van der Waals surface area contributed by atoms with E-state index in [1.165, 1.54) is 16.4 Å². The molecule has 0 spiro atoms. The molecule has 0 aliphatic rings. The number of nitrogens with zero attached hydrogens (tertiary/aromatic N) is 1. The number of H-pyrrole nitrogens is 1. The predicted octanol–water partition coefficient (Wildman–Crippen LogP) is 1.53. The van der Waals surface area contributed by atoms with Crippen molar-refractivity contribution in [2.45, 2.75) is 25.3 Å². The Morgan fingerprint density at radius 3 is 2.86 bits per heavy atom. The minimum absolute atomic E-state index is 0.0706. The fourth-order valence-corrected chi connectivity index (χ4v) is 2.68. The molecule has 0 unspecified atom stereocenters. The van der Waals surface area contributed by atoms with Gasteiger partial charge in [-0.25, -0.2) is 4.79 Å². The molecule has 2 rings (SSSR count). The van der Waals surface area contributed by atoms with E-state index in [1.54, 1.807) is 7.05 Å². The zero-order valence-corrected chi connectivity index (χ0v) is 13.0. The van der Waals surface area contributed by atoms with Gasteiger partial charge in [-0.15, -0.1) is 0 Å². The summed E-state index contributed by atoms with van der Waals surface area (Å²) < 4.78 is 6.13. The molecule has 0 saturated heterocycles. The van der Waals surface area contributed by atoms with Crippen LogP contribution in [0.2, 0.25) is 0 Å². The number of nitrogens with one attached hydrogen (secondary N) is 2. The lowest BCUT2D eigenvalue weighted by Crippen LogP contribution is -2.33. The van der Waals surface area contributed by atoms with E-state index in [9.17, 15) is 9.59 Å². The molecule has 0 aliphatic heterocycles. The van der Waals surface area contributed by atoms with Gasteiger partial charge >= 0.3 is 10.7 Å². The first-order chi connectivity index (χ1) is 9.97. The second-order valence-corrected chi connectivity index (χ2v) is 5.89. The molecule has 112 valence electrons. The molecule has 1 amide bonds. The van der Waals surface area contributed by atoms with E-state index in [0.29, 0.717) is 17.2 Å². The van der Waals surface area contributed by atoms with Crippen LogP contribution in [-0.4, -0.2) is 16.9 Å². The monoisotopic (exact) mass is 308 g/mol. The van der Waals surface area contributed by atoms with Gasteiger partial charge in [-0.05, 0) is 48.1 Å². The molecule has 0 fully saturated rings. The number of carbonyl (C=O) groups is 1. The summed E-state index contributed by atoms with van der Waals surface area (Å²) in [6.07, 6.45) is 0.322. The van der Waals surface area contributed by atoms with E-state index in [1.807, 2.05) is 32.0 Å². The van der Waals surface area contributed by atoms with Crippen molar-refractivity contribution >= 4 is 23.4 Å². The maximum atomic E-state index is 11.9. The summed E-state index contributed by atoms with van der Waals surface area (Å²) in [4.78, 5) is 23.3. The molecular formula is C14H18N3O3S+. The zero-order valence-electron chi connectivity index (χ0n) is 12.2. The molecule has 1 heterocycles. The van der Waals surface area contributed by atoms with Crippen molar-refractivity contribution in [2.75, 3.05) is 11.1 Å². The molecule has 1 aromatic carbocycles. The summed E-state index contributed by atoms with van der Waals surface area (Å²) in [5, 5.41) is 5.78. The van der Waals surface area contributed by atoms with E-state index in [2.05, 4.69) is 15.1 Å². The van der Waals surface area contributed by atoms with Crippen LogP contribution in [0.1, 0.15) is 17.5 Å². The van der Waals surface area contributed by atoms with Crippen molar-refractivity contribution in [3.63, 3.8) is 0 Å². The molecule has 0 radical (unpaired) electrons. The van der Waals surface area contributed by atoms with E-state index < -0.39 is 5.63 Å². The molecule has 0 bridgehead atoms. The van der Waals surface area contributed by atoms with Crippen molar-refractivity contribution in [3.05, 3.63) is 39.7 Å².